The molecule has 0 N–H and O–H groups in total. The van der Waals surface area contributed by atoms with E-state index in [9.17, 15) is 4.39 Å². The third-order valence-corrected chi connectivity index (χ3v) is 1.85. The number of aromatic nitrogens is 1. The van der Waals surface area contributed by atoms with Gasteiger partial charge >= 0.3 is 0 Å². The van der Waals surface area contributed by atoms with Gasteiger partial charge in [0.15, 0.2) is 5.76 Å². The Labute approximate surface area is 86.5 Å². The molecule has 0 spiro atoms. The highest BCUT2D eigenvalue weighted by Crippen LogP contribution is 2.14. The molecule has 78 valence electrons. The van der Waals surface area contributed by atoms with Gasteiger partial charge in [0.05, 0.1) is 5.69 Å². The standard InChI is InChI=1S/C11H10FNO2/c1-8-5-11(15-13-8)7-14-10-4-2-3-9(12)6-10/h2-6H,7H2,1H3. The van der Waals surface area contributed by atoms with E-state index in [0.29, 0.717) is 11.5 Å². The van der Waals surface area contributed by atoms with Crippen LogP contribution in [0.1, 0.15) is 11.5 Å². The molecule has 1 heterocycles. The van der Waals surface area contributed by atoms with Crippen LogP contribution in [-0.2, 0) is 6.61 Å². The van der Waals surface area contributed by atoms with Crippen LogP contribution in [0.5, 0.6) is 5.75 Å². The molecule has 0 amide bonds. The maximum atomic E-state index is 12.8. The van der Waals surface area contributed by atoms with Crippen LogP contribution in [0.15, 0.2) is 34.9 Å². The zero-order chi connectivity index (χ0) is 10.7. The Morgan fingerprint density at radius 3 is 2.93 bits per heavy atom. The van der Waals surface area contributed by atoms with E-state index in [-0.39, 0.29) is 12.4 Å². The highest BCUT2D eigenvalue weighted by molar-refractivity contribution is 5.22. The number of hydrogen-bond acceptors (Lipinski definition) is 3. The number of nitrogens with zero attached hydrogens (tertiary/aromatic N) is 1. The Morgan fingerprint density at radius 2 is 2.27 bits per heavy atom. The first-order valence-electron chi connectivity index (χ1n) is 4.54. The van der Waals surface area contributed by atoms with Gasteiger partial charge in [-0.1, -0.05) is 11.2 Å². The first-order valence-corrected chi connectivity index (χ1v) is 4.54. The van der Waals surface area contributed by atoms with E-state index >= 15 is 0 Å². The molecule has 0 atom stereocenters. The number of benzene rings is 1. The second-order valence-corrected chi connectivity index (χ2v) is 3.18. The van der Waals surface area contributed by atoms with E-state index in [1.54, 1.807) is 18.2 Å². The van der Waals surface area contributed by atoms with Crippen molar-refractivity contribution in [3.8, 4) is 5.75 Å². The van der Waals surface area contributed by atoms with Crippen LogP contribution in [0.3, 0.4) is 0 Å². The fourth-order valence-corrected chi connectivity index (χ4v) is 1.20. The summed E-state index contributed by atoms with van der Waals surface area (Å²) < 4.78 is 23.0. The third kappa shape index (κ3) is 2.56. The minimum Gasteiger partial charge on any atom is -0.485 e. The SMILES string of the molecule is Cc1cc(COc2cccc(F)c2)on1. The van der Waals surface area contributed by atoms with Crippen molar-refractivity contribution in [3.05, 3.63) is 47.6 Å². The van der Waals surface area contributed by atoms with Crippen molar-refractivity contribution in [2.45, 2.75) is 13.5 Å². The summed E-state index contributed by atoms with van der Waals surface area (Å²) in [7, 11) is 0. The minimum atomic E-state index is -0.318. The highest BCUT2D eigenvalue weighted by Gasteiger charge is 2.02. The summed E-state index contributed by atoms with van der Waals surface area (Å²) in [6, 6.07) is 7.75. The van der Waals surface area contributed by atoms with Crippen LogP contribution >= 0.6 is 0 Å². The molecular formula is C11H10FNO2. The molecule has 0 unspecified atom stereocenters. The zero-order valence-electron chi connectivity index (χ0n) is 8.24. The van der Waals surface area contributed by atoms with Crippen molar-refractivity contribution in [1.82, 2.24) is 5.16 Å². The molecule has 0 saturated heterocycles. The quantitative estimate of drug-likeness (QED) is 0.776. The topological polar surface area (TPSA) is 35.3 Å². The predicted molar refractivity (Wildman–Crippen MR) is 52.0 cm³/mol. The summed E-state index contributed by atoms with van der Waals surface area (Å²) in [5, 5.41) is 3.72. The number of aryl methyl sites for hydroxylation is 1. The van der Waals surface area contributed by atoms with E-state index in [1.807, 2.05) is 6.92 Å². The van der Waals surface area contributed by atoms with Crippen molar-refractivity contribution in [3.63, 3.8) is 0 Å². The van der Waals surface area contributed by atoms with Gasteiger partial charge in [-0.15, -0.1) is 0 Å². The van der Waals surface area contributed by atoms with Gasteiger partial charge in [0, 0.05) is 12.1 Å². The predicted octanol–water partition coefficient (Wildman–Crippen LogP) is 2.70. The van der Waals surface area contributed by atoms with Gasteiger partial charge < -0.3 is 9.26 Å². The molecule has 15 heavy (non-hydrogen) atoms. The van der Waals surface area contributed by atoms with E-state index in [0.717, 1.165) is 5.69 Å². The maximum absolute atomic E-state index is 12.8. The van der Waals surface area contributed by atoms with Crippen LogP contribution in [-0.4, -0.2) is 5.16 Å². The average molecular weight is 207 g/mol. The lowest BCUT2D eigenvalue weighted by Gasteiger charge is -2.02. The van der Waals surface area contributed by atoms with E-state index in [2.05, 4.69) is 5.16 Å². The fraction of sp³-hybridized carbons (Fsp3) is 0.182. The molecule has 2 rings (SSSR count). The molecule has 3 nitrogen and oxygen atoms in total. The molecule has 0 aliphatic carbocycles. The van der Waals surface area contributed by atoms with Gasteiger partial charge in [-0.05, 0) is 19.1 Å². The maximum Gasteiger partial charge on any atom is 0.174 e. The van der Waals surface area contributed by atoms with Crippen molar-refractivity contribution in [1.29, 1.82) is 0 Å². The first-order chi connectivity index (χ1) is 7.24. The summed E-state index contributed by atoms with van der Waals surface area (Å²) in [4.78, 5) is 0. The molecule has 1 aromatic heterocycles. The van der Waals surface area contributed by atoms with Gasteiger partial charge in [-0.2, -0.15) is 0 Å². The molecule has 0 aliphatic heterocycles. The summed E-state index contributed by atoms with van der Waals surface area (Å²) in [6.45, 7) is 2.08. The molecule has 0 radical (unpaired) electrons. The molecule has 2 aromatic rings. The highest BCUT2D eigenvalue weighted by atomic mass is 19.1. The van der Waals surface area contributed by atoms with Crippen LogP contribution in [0.4, 0.5) is 4.39 Å². The normalized spacial score (nSPS) is 10.3. The lowest BCUT2D eigenvalue weighted by molar-refractivity contribution is 0.248. The van der Waals surface area contributed by atoms with Crippen LogP contribution < -0.4 is 4.74 Å². The van der Waals surface area contributed by atoms with Crippen molar-refractivity contribution >= 4 is 0 Å². The summed E-state index contributed by atoms with van der Waals surface area (Å²) in [5.41, 5.74) is 0.799. The number of halogens is 1. The number of hydrogen-bond donors (Lipinski definition) is 0. The van der Waals surface area contributed by atoms with Crippen LogP contribution in [0, 0.1) is 12.7 Å². The molecule has 0 bridgehead atoms. The summed E-state index contributed by atoms with van der Waals surface area (Å²) >= 11 is 0. The average Bonchev–Trinajstić information content (AvgIpc) is 2.62. The van der Waals surface area contributed by atoms with Gasteiger partial charge in [-0.3, -0.25) is 0 Å². The second kappa shape index (κ2) is 4.13. The summed E-state index contributed by atoms with van der Waals surface area (Å²) in [5.74, 6) is 0.780. The van der Waals surface area contributed by atoms with Crippen molar-refractivity contribution in [2.75, 3.05) is 0 Å². The molecule has 0 fully saturated rings. The van der Waals surface area contributed by atoms with Crippen molar-refractivity contribution < 1.29 is 13.7 Å². The molecule has 4 heteroatoms. The Bertz CT molecular complexity index is 453. The van der Waals surface area contributed by atoms with Gasteiger partial charge in [0.25, 0.3) is 0 Å². The summed E-state index contributed by atoms with van der Waals surface area (Å²) in [6.07, 6.45) is 0. The van der Waals surface area contributed by atoms with Gasteiger partial charge in [-0.25, -0.2) is 4.39 Å². The Morgan fingerprint density at radius 1 is 1.40 bits per heavy atom. The third-order valence-electron chi connectivity index (χ3n) is 1.85. The molecule has 0 saturated carbocycles. The Kier molecular flexibility index (Phi) is 2.67. The van der Waals surface area contributed by atoms with E-state index < -0.39 is 0 Å². The smallest absolute Gasteiger partial charge is 0.174 e. The fourth-order valence-electron chi connectivity index (χ4n) is 1.20. The molecule has 1 aromatic carbocycles. The van der Waals surface area contributed by atoms with Crippen LogP contribution in [0.2, 0.25) is 0 Å². The van der Waals surface area contributed by atoms with Crippen molar-refractivity contribution in [2.24, 2.45) is 0 Å². The second-order valence-electron chi connectivity index (χ2n) is 3.18. The Hall–Kier alpha value is -1.84. The molecule has 0 aliphatic rings. The van der Waals surface area contributed by atoms with E-state index in [1.165, 1.54) is 12.1 Å². The Balaban J connectivity index is 1.99. The largest absolute Gasteiger partial charge is 0.485 e. The monoisotopic (exact) mass is 207 g/mol. The number of ether oxygens (including phenoxy) is 1. The minimum absolute atomic E-state index is 0.254. The first kappa shape index (κ1) is 9.71. The lowest BCUT2D eigenvalue weighted by atomic mass is 10.3. The lowest BCUT2D eigenvalue weighted by Crippen LogP contribution is -1.93. The van der Waals surface area contributed by atoms with Crippen LogP contribution in [0.25, 0.3) is 0 Å². The van der Waals surface area contributed by atoms with Gasteiger partial charge in [0.2, 0.25) is 0 Å². The number of rotatable bonds is 3. The molecular weight excluding hydrogens is 197 g/mol. The van der Waals surface area contributed by atoms with Gasteiger partial charge in [0.1, 0.15) is 18.2 Å². The van der Waals surface area contributed by atoms with E-state index in [4.69, 9.17) is 9.26 Å². The zero-order valence-corrected chi connectivity index (χ0v) is 8.24.